The third kappa shape index (κ3) is 253. The summed E-state index contributed by atoms with van der Waals surface area (Å²) in [6.07, 6.45) is 1.74. The van der Waals surface area contributed by atoms with Crippen LogP contribution < -0.4 is 0 Å². The molecule has 0 saturated heterocycles. The van der Waals surface area contributed by atoms with Gasteiger partial charge in [0.25, 0.3) is 0 Å². The van der Waals surface area contributed by atoms with E-state index in [1.54, 1.807) is 6.08 Å². The molecule has 0 spiro atoms. The van der Waals surface area contributed by atoms with E-state index in [0.29, 0.717) is 0 Å². The molecule has 2 N–H and O–H groups in total. The molecule has 0 radical (unpaired) electrons. The highest BCUT2D eigenvalue weighted by molar-refractivity contribution is 7.80. The zero-order chi connectivity index (χ0) is 6.99. The summed E-state index contributed by atoms with van der Waals surface area (Å²) in [5.74, 6) is 0.778. The molecule has 0 unspecified atom stereocenters. The summed E-state index contributed by atoms with van der Waals surface area (Å²) < 4.78 is 8.74. The molecule has 0 saturated carbocycles. The Labute approximate surface area is 55.0 Å². The van der Waals surface area contributed by atoms with Gasteiger partial charge in [-0.15, -0.1) is 6.58 Å². The standard InChI is InChI=1S/C3H6S.H2O3Si/c1-2-3-4;1-4(2)3/h2,4H,1,3H2;1-2H. The molecule has 8 heavy (non-hydrogen) atoms. The predicted octanol–water partition coefficient (Wildman–Crippen LogP) is -0.511. The Balaban J connectivity index is 0. The summed E-state index contributed by atoms with van der Waals surface area (Å²) in [5.41, 5.74) is 0. The molecule has 0 aromatic carbocycles. The normalized spacial score (nSPS) is 6.12. The van der Waals surface area contributed by atoms with E-state index in [1.807, 2.05) is 0 Å². The summed E-state index contributed by atoms with van der Waals surface area (Å²) in [6.45, 7) is 3.40. The van der Waals surface area contributed by atoms with Crippen LogP contribution in [0.4, 0.5) is 0 Å². The Morgan fingerprint density at radius 1 is 1.75 bits per heavy atom. The first-order valence-electron chi connectivity index (χ1n) is 1.78. The minimum absolute atomic E-state index is 0.778. The van der Waals surface area contributed by atoms with E-state index in [1.165, 1.54) is 0 Å². The topological polar surface area (TPSA) is 57.5 Å². The summed E-state index contributed by atoms with van der Waals surface area (Å²) in [4.78, 5) is 14.3. The van der Waals surface area contributed by atoms with Gasteiger partial charge in [-0.2, -0.15) is 12.6 Å². The molecule has 48 valence electrons. The Kier molecular flexibility index (Phi) is 13.1. The van der Waals surface area contributed by atoms with Crippen molar-refractivity contribution in [2.45, 2.75) is 0 Å². The molecule has 0 aromatic rings. The van der Waals surface area contributed by atoms with E-state index in [9.17, 15) is 0 Å². The second-order valence-electron chi connectivity index (χ2n) is 0.754. The molecule has 0 amide bonds. The van der Waals surface area contributed by atoms with Crippen molar-refractivity contribution in [3.8, 4) is 0 Å². The average Bonchev–Trinajstić information content (AvgIpc) is 1.65. The second-order valence-corrected chi connectivity index (χ2v) is 1.68. The molecular formula is C3H8O3SSi. The summed E-state index contributed by atoms with van der Waals surface area (Å²) in [6, 6.07) is 0. The average molecular weight is 152 g/mol. The van der Waals surface area contributed by atoms with Crippen LogP contribution in [0.5, 0.6) is 0 Å². The van der Waals surface area contributed by atoms with Crippen molar-refractivity contribution in [2.24, 2.45) is 0 Å². The van der Waals surface area contributed by atoms with Gasteiger partial charge >= 0.3 is 9.17 Å². The van der Waals surface area contributed by atoms with Crippen LogP contribution in [0.25, 0.3) is 0 Å². The first kappa shape index (κ1) is 10.6. The molecule has 0 aliphatic carbocycles. The maximum Gasteiger partial charge on any atom is 0.761 e. The zero-order valence-electron chi connectivity index (χ0n) is 4.24. The van der Waals surface area contributed by atoms with Crippen LogP contribution in [0.3, 0.4) is 0 Å². The van der Waals surface area contributed by atoms with Crippen molar-refractivity contribution >= 4 is 21.8 Å². The SMILES string of the molecule is C=CCS.O=[Si](O)O. The third-order valence-corrected chi connectivity index (χ3v) is 0.387. The molecule has 5 heteroatoms. The van der Waals surface area contributed by atoms with Crippen LogP contribution in [-0.4, -0.2) is 24.5 Å². The molecule has 0 atom stereocenters. The number of hydrogen-bond donors (Lipinski definition) is 3. The van der Waals surface area contributed by atoms with Gasteiger partial charge in [-0.25, -0.2) is 0 Å². The summed E-state index contributed by atoms with van der Waals surface area (Å²) in [5, 5.41) is 0. The number of rotatable bonds is 1. The minimum atomic E-state index is -3.13. The summed E-state index contributed by atoms with van der Waals surface area (Å²) in [7, 11) is -3.13. The molecule has 0 aliphatic heterocycles. The van der Waals surface area contributed by atoms with E-state index in [4.69, 9.17) is 14.1 Å². The fourth-order valence-electron chi connectivity index (χ4n) is 0. The van der Waals surface area contributed by atoms with Gasteiger partial charge < -0.3 is 9.59 Å². The maximum absolute atomic E-state index is 8.74. The lowest BCUT2D eigenvalue weighted by atomic mass is 10.8. The van der Waals surface area contributed by atoms with Crippen molar-refractivity contribution in [2.75, 3.05) is 5.75 Å². The lowest BCUT2D eigenvalue weighted by Gasteiger charge is -1.57. The Hall–Kier alpha value is -0.293. The second kappa shape index (κ2) is 9.86. The highest BCUT2D eigenvalue weighted by Crippen LogP contribution is 1.65. The minimum Gasteiger partial charge on any atom is -0.511 e. The Morgan fingerprint density at radius 2 is 1.88 bits per heavy atom. The number of thiol groups is 1. The van der Waals surface area contributed by atoms with Crippen molar-refractivity contribution in [3.63, 3.8) is 0 Å². The van der Waals surface area contributed by atoms with Crippen LogP contribution in [0.15, 0.2) is 12.7 Å². The lowest BCUT2D eigenvalue weighted by molar-refractivity contribution is 0.330. The fraction of sp³-hybridized carbons (Fsp3) is 0.333. The summed E-state index contributed by atoms with van der Waals surface area (Å²) >= 11 is 3.80. The van der Waals surface area contributed by atoms with E-state index in [-0.39, 0.29) is 0 Å². The molecule has 0 aliphatic rings. The van der Waals surface area contributed by atoms with Gasteiger partial charge in [0.15, 0.2) is 0 Å². The van der Waals surface area contributed by atoms with Crippen LogP contribution in [-0.2, 0) is 4.46 Å². The molecule has 0 heterocycles. The van der Waals surface area contributed by atoms with Gasteiger partial charge in [-0.3, -0.25) is 4.46 Å². The van der Waals surface area contributed by atoms with Gasteiger partial charge in [0.2, 0.25) is 0 Å². The van der Waals surface area contributed by atoms with Gasteiger partial charge in [0.1, 0.15) is 0 Å². The van der Waals surface area contributed by atoms with Gasteiger partial charge in [0, 0.05) is 5.75 Å². The van der Waals surface area contributed by atoms with E-state index in [2.05, 4.69) is 19.2 Å². The molecular weight excluding hydrogens is 144 g/mol. The van der Waals surface area contributed by atoms with E-state index >= 15 is 0 Å². The third-order valence-electron chi connectivity index (χ3n) is 0.129. The molecule has 0 rings (SSSR count). The molecule has 0 aromatic heterocycles. The van der Waals surface area contributed by atoms with Gasteiger partial charge in [0.05, 0.1) is 0 Å². The smallest absolute Gasteiger partial charge is 0.511 e. The largest absolute Gasteiger partial charge is 0.761 e. The first-order chi connectivity index (χ1) is 3.65. The lowest BCUT2D eigenvalue weighted by Crippen LogP contribution is -1.90. The van der Waals surface area contributed by atoms with Crippen molar-refractivity contribution in [1.82, 2.24) is 0 Å². The monoisotopic (exact) mass is 152 g/mol. The van der Waals surface area contributed by atoms with Crippen LogP contribution in [0, 0.1) is 0 Å². The predicted molar refractivity (Wildman–Crippen MR) is 34.9 cm³/mol. The number of hydrogen-bond acceptors (Lipinski definition) is 2. The molecule has 0 bridgehead atoms. The van der Waals surface area contributed by atoms with Crippen LogP contribution in [0.1, 0.15) is 0 Å². The maximum atomic E-state index is 8.74. The molecule has 3 nitrogen and oxygen atoms in total. The highest BCUT2D eigenvalue weighted by atomic mass is 32.1. The zero-order valence-corrected chi connectivity index (χ0v) is 6.14. The van der Waals surface area contributed by atoms with E-state index in [0.717, 1.165) is 5.75 Å². The fourth-order valence-corrected chi connectivity index (χ4v) is 0. The van der Waals surface area contributed by atoms with Crippen molar-refractivity contribution in [1.29, 1.82) is 0 Å². The van der Waals surface area contributed by atoms with Crippen LogP contribution in [0.2, 0.25) is 0 Å². The quantitative estimate of drug-likeness (QED) is 0.269. The highest BCUT2D eigenvalue weighted by Gasteiger charge is 1.85. The van der Waals surface area contributed by atoms with Crippen LogP contribution >= 0.6 is 12.6 Å². The van der Waals surface area contributed by atoms with Gasteiger partial charge in [-0.05, 0) is 0 Å². The van der Waals surface area contributed by atoms with Gasteiger partial charge in [-0.1, -0.05) is 6.08 Å². The van der Waals surface area contributed by atoms with Crippen molar-refractivity contribution < 1.29 is 14.1 Å². The molecule has 0 fully saturated rings. The Bertz CT molecular complexity index is 70.9. The first-order valence-corrected chi connectivity index (χ1v) is 3.72. The van der Waals surface area contributed by atoms with Crippen molar-refractivity contribution in [3.05, 3.63) is 12.7 Å². The van der Waals surface area contributed by atoms with E-state index < -0.39 is 9.17 Å². The Morgan fingerprint density at radius 3 is 1.88 bits per heavy atom.